The molecule has 30 heavy (non-hydrogen) atoms. The van der Waals surface area contributed by atoms with Crippen LogP contribution in [0.3, 0.4) is 0 Å². The first-order valence-electron chi connectivity index (χ1n) is 10.9. The fraction of sp³-hybridized carbons (Fsp3) is 0.417. The molecule has 156 valence electrons. The number of rotatable bonds is 4. The Kier molecular flexibility index (Phi) is 5.42. The Morgan fingerprint density at radius 1 is 1.07 bits per heavy atom. The predicted octanol–water partition coefficient (Wildman–Crippen LogP) is 4.29. The standard InChI is InChI=1S/C24H28N4OS/c1-17-9-5-6-12-19(17)16-30-24-26-25-23-27(15-18-10-3-2-4-11-18)22(29)20-13-7-8-14-21(20)28(23)24/h2-6,9-12,20-21,23,25H,7-8,13-16H2,1H3. The lowest BCUT2D eigenvalue weighted by molar-refractivity contribution is -0.156. The zero-order valence-corrected chi connectivity index (χ0v) is 18.1. The topological polar surface area (TPSA) is 47.9 Å². The summed E-state index contributed by atoms with van der Waals surface area (Å²) < 4.78 is 0. The molecule has 3 aliphatic rings. The monoisotopic (exact) mass is 420 g/mol. The van der Waals surface area contributed by atoms with Gasteiger partial charge in [0.2, 0.25) is 5.91 Å². The van der Waals surface area contributed by atoms with E-state index in [1.165, 1.54) is 17.5 Å². The second kappa shape index (κ2) is 8.34. The molecule has 2 aromatic rings. The number of carbonyl (C=O) groups excluding carboxylic acids is 1. The third kappa shape index (κ3) is 3.58. The van der Waals surface area contributed by atoms with Gasteiger partial charge in [-0.15, -0.1) is 0 Å². The third-order valence-electron chi connectivity index (χ3n) is 6.56. The molecule has 1 N–H and O–H groups in total. The van der Waals surface area contributed by atoms with Crippen LogP contribution in [-0.2, 0) is 17.1 Å². The molecule has 1 saturated heterocycles. The van der Waals surface area contributed by atoms with Crippen molar-refractivity contribution in [2.45, 2.75) is 57.2 Å². The van der Waals surface area contributed by atoms with E-state index < -0.39 is 0 Å². The fourth-order valence-corrected chi connectivity index (χ4v) is 6.02. The third-order valence-corrected chi connectivity index (χ3v) is 7.57. The molecule has 6 heteroatoms. The molecule has 3 unspecified atom stereocenters. The van der Waals surface area contributed by atoms with Gasteiger partial charge in [-0.1, -0.05) is 79.2 Å². The molecule has 2 heterocycles. The fourth-order valence-electron chi connectivity index (χ4n) is 4.91. The summed E-state index contributed by atoms with van der Waals surface area (Å²) in [6, 6.07) is 19.0. The summed E-state index contributed by atoms with van der Waals surface area (Å²) in [4.78, 5) is 17.8. The van der Waals surface area contributed by atoms with Gasteiger partial charge in [0.25, 0.3) is 0 Å². The number of benzene rings is 2. The van der Waals surface area contributed by atoms with Crippen molar-refractivity contribution in [1.82, 2.24) is 15.2 Å². The highest BCUT2D eigenvalue weighted by atomic mass is 32.2. The zero-order chi connectivity index (χ0) is 20.5. The molecular weight excluding hydrogens is 392 g/mol. The Bertz CT molecular complexity index is 947. The second-order valence-corrected chi connectivity index (χ2v) is 9.37. The van der Waals surface area contributed by atoms with Crippen LogP contribution in [0.25, 0.3) is 0 Å². The van der Waals surface area contributed by atoms with E-state index >= 15 is 0 Å². The summed E-state index contributed by atoms with van der Waals surface area (Å²) in [5.74, 6) is 1.24. The number of amides is 1. The van der Waals surface area contributed by atoms with E-state index in [0.717, 1.165) is 35.7 Å². The Balaban J connectivity index is 1.39. The van der Waals surface area contributed by atoms with Crippen LogP contribution >= 0.6 is 11.8 Å². The van der Waals surface area contributed by atoms with Crippen LogP contribution in [0.1, 0.15) is 42.4 Å². The minimum atomic E-state index is -0.184. The van der Waals surface area contributed by atoms with Gasteiger partial charge in [0.15, 0.2) is 11.5 Å². The van der Waals surface area contributed by atoms with Gasteiger partial charge in [-0.3, -0.25) is 15.1 Å². The average Bonchev–Trinajstić information content (AvgIpc) is 3.21. The molecule has 1 amide bonds. The maximum atomic E-state index is 13.4. The number of hydrogen-bond acceptors (Lipinski definition) is 5. The first-order valence-corrected chi connectivity index (χ1v) is 11.8. The van der Waals surface area contributed by atoms with Gasteiger partial charge < -0.3 is 4.90 Å². The SMILES string of the molecule is Cc1ccccc1CSC1=NNC2N(Cc3ccccc3)C(=O)C3CCCCC3N12. The van der Waals surface area contributed by atoms with E-state index in [4.69, 9.17) is 5.10 Å². The van der Waals surface area contributed by atoms with Gasteiger partial charge in [-0.2, -0.15) is 5.10 Å². The highest BCUT2D eigenvalue weighted by Crippen LogP contribution is 2.39. The van der Waals surface area contributed by atoms with Gasteiger partial charge >= 0.3 is 0 Å². The van der Waals surface area contributed by atoms with Crippen molar-refractivity contribution in [1.29, 1.82) is 0 Å². The Morgan fingerprint density at radius 3 is 2.67 bits per heavy atom. The lowest BCUT2D eigenvalue weighted by Crippen LogP contribution is -2.66. The summed E-state index contributed by atoms with van der Waals surface area (Å²) >= 11 is 1.78. The molecule has 5 rings (SSSR count). The van der Waals surface area contributed by atoms with Crippen LogP contribution < -0.4 is 5.43 Å². The van der Waals surface area contributed by atoms with Crippen molar-refractivity contribution in [3.63, 3.8) is 0 Å². The first kappa shape index (κ1) is 19.5. The molecule has 1 aliphatic carbocycles. The maximum absolute atomic E-state index is 13.4. The summed E-state index contributed by atoms with van der Waals surface area (Å²) in [7, 11) is 0. The number of hydrazone groups is 1. The van der Waals surface area contributed by atoms with Crippen LogP contribution in [0.5, 0.6) is 0 Å². The van der Waals surface area contributed by atoms with E-state index in [1.807, 2.05) is 23.1 Å². The number of fused-ring (bicyclic) bond motifs is 3. The number of nitrogens with zero attached hydrogens (tertiary/aromatic N) is 3. The Morgan fingerprint density at radius 2 is 1.83 bits per heavy atom. The minimum absolute atomic E-state index is 0.0721. The normalized spacial score (nSPS) is 25.4. The van der Waals surface area contributed by atoms with Crippen LogP contribution in [-0.4, -0.2) is 33.2 Å². The summed E-state index contributed by atoms with van der Waals surface area (Å²) in [6.45, 7) is 2.77. The number of amidine groups is 1. The predicted molar refractivity (Wildman–Crippen MR) is 121 cm³/mol. The molecule has 2 fully saturated rings. The minimum Gasteiger partial charge on any atom is -0.307 e. The van der Waals surface area contributed by atoms with Crippen molar-refractivity contribution in [2.75, 3.05) is 0 Å². The van der Waals surface area contributed by atoms with Crippen LogP contribution in [0.4, 0.5) is 0 Å². The summed E-state index contributed by atoms with van der Waals surface area (Å²) in [5, 5.41) is 5.72. The van der Waals surface area contributed by atoms with Crippen molar-refractivity contribution in [3.8, 4) is 0 Å². The Labute approximate surface area is 182 Å². The van der Waals surface area contributed by atoms with E-state index in [9.17, 15) is 4.79 Å². The first-order chi connectivity index (χ1) is 14.7. The van der Waals surface area contributed by atoms with Crippen molar-refractivity contribution in [2.24, 2.45) is 11.0 Å². The van der Waals surface area contributed by atoms with Gasteiger partial charge in [-0.05, 0) is 36.5 Å². The molecule has 3 atom stereocenters. The smallest absolute Gasteiger partial charge is 0.231 e. The highest BCUT2D eigenvalue weighted by molar-refractivity contribution is 8.13. The van der Waals surface area contributed by atoms with E-state index in [0.29, 0.717) is 6.54 Å². The van der Waals surface area contributed by atoms with Gasteiger partial charge in [0.1, 0.15) is 0 Å². The van der Waals surface area contributed by atoms with Crippen molar-refractivity contribution in [3.05, 3.63) is 71.3 Å². The number of carbonyl (C=O) groups is 1. The van der Waals surface area contributed by atoms with Gasteiger partial charge in [0.05, 0.1) is 5.92 Å². The quantitative estimate of drug-likeness (QED) is 0.802. The highest BCUT2D eigenvalue weighted by Gasteiger charge is 2.50. The van der Waals surface area contributed by atoms with E-state index in [2.05, 4.69) is 53.6 Å². The molecule has 5 nitrogen and oxygen atoms in total. The number of hydrogen-bond donors (Lipinski definition) is 1. The van der Waals surface area contributed by atoms with Crippen LogP contribution in [0, 0.1) is 12.8 Å². The molecule has 0 aromatic heterocycles. The van der Waals surface area contributed by atoms with Gasteiger partial charge in [-0.25, -0.2) is 0 Å². The molecule has 0 spiro atoms. The Hall–Kier alpha value is -2.47. The van der Waals surface area contributed by atoms with Crippen LogP contribution in [0.15, 0.2) is 59.7 Å². The van der Waals surface area contributed by atoms with Crippen molar-refractivity contribution < 1.29 is 4.79 Å². The maximum Gasteiger partial charge on any atom is 0.231 e. The van der Waals surface area contributed by atoms with E-state index in [-0.39, 0.29) is 24.2 Å². The number of nitrogens with one attached hydrogen (secondary N) is 1. The summed E-state index contributed by atoms with van der Waals surface area (Å²) in [6.07, 6.45) is 4.19. The molecule has 0 bridgehead atoms. The molecule has 1 saturated carbocycles. The lowest BCUT2D eigenvalue weighted by Gasteiger charge is -2.50. The molecular formula is C24H28N4OS. The average molecular weight is 421 g/mol. The molecule has 2 aliphatic heterocycles. The van der Waals surface area contributed by atoms with Crippen LogP contribution in [0.2, 0.25) is 0 Å². The molecule has 2 aromatic carbocycles. The lowest BCUT2D eigenvalue weighted by atomic mass is 9.81. The number of thioether (sulfide) groups is 1. The largest absolute Gasteiger partial charge is 0.307 e. The van der Waals surface area contributed by atoms with E-state index in [1.54, 1.807) is 11.8 Å². The van der Waals surface area contributed by atoms with Gasteiger partial charge in [0, 0.05) is 18.3 Å². The molecule has 0 radical (unpaired) electrons. The zero-order valence-electron chi connectivity index (χ0n) is 17.3. The summed E-state index contributed by atoms with van der Waals surface area (Å²) in [5.41, 5.74) is 7.09. The second-order valence-electron chi connectivity index (χ2n) is 8.43. The number of aryl methyl sites for hydroxylation is 1. The van der Waals surface area contributed by atoms with Crippen molar-refractivity contribution >= 4 is 22.8 Å².